The first kappa shape index (κ1) is 23.8. The molecule has 0 saturated carbocycles. The van der Waals surface area contributed by atoms with Crippen LogP contribution >= 0.6 is 11.3 Å². The fourth-order valence-electron chi connectivity index (χ4n) is 5.68. The molecule has 2 fully saturated rings. The van der Waals surface area contributed by atoms with Gasteiger partial charge in [-0.25, -0.2) is 4.79 Å². The zero-order valence-electron chi connectivity index (χ0n) is 20.2. The van der Waals surface area contributed by atoms with E-state index in [9.17, 15) is 14.7 Å². The Morgan fingerprint density at radius 1 is 1.15 bits per heavy atom. The van der Waals surface area contributed by atoms with Crippen molar-refractivity contribution >= 4 is 34.3 Å². The minimum atomic E-state index is -0.814. The third kappa shape index (κ3) is 4.53. The summed E-state index contributed by atoms with van der Waals surface area (Å²) in [5.41, 5.74) is 4.13. The highest BCUT2D eigenvalue weighted by Gasteiger charge is 2.49. The molecule has 178 valence electrons. The number of carbonyl (C=O) groups is 2. The van der Waals surface area contributed by atoms with Crippen molar-refractivity contribution in [2.45, 2.75) is 46.0 Å². The molecule has 2 aliphatic heterocycles. The van der Waals surface area contributed by atoms with Gasteiger partial charge in [0.1, 0.15) is 11.3 Å². The smallest absolute Gasteiger partial charge is 0.338 e. The van der Waals surface area contributed by atoms with E-state index in [4.69, 9.17) is 4.74 Å². The number of hydrogen-bond donors (Lipinski definition) is 2. The number of ether oxygens (including phenoxy) is 1. The molecule has 0 amide bonds. The quantitative estimate of drug-likeness (QED) is 0.607. The average molecular weight is 471 g/mol. The van der Waals surface area contributed by atoms with Crippen LogP contribution in [0.4, 0.5) is 10.7 Å². The Kier molecular flexibility index (Phi) is 6.08. The second kappa shape index (κ2) is 8.44. The van der Waals surface area contributed by atoms with E-state index in [0.717, 1.165) is 61.6 Å². The lowest BCUT2D eigenvalue weighted by atomic mass is 9.65. The number of rotatable bonds is 4. The van der Waals surface area contributed by atoms with Gasteiger partial charge in [-0.2, -0.15) is 0 Å². The van der Waals surface area contributed by atoms with Crippen molar-refractivity contribution in [3.63, 3.8) is 0 Å². The number of carbonyl (C=O) groups excluding carboxylic acids is 1. The Balaban J connectivity index is 0.000000159. The first-order valence-corrected chi connectivity index (χ1v) is 12.3. The zero-order valence-corrected chi connectivity index (χ0v) is 21.0. The van der Waals surface area contributed by atoms with Gasteiger partial charge in [-0.05, 0) is 53.5 Å². The third-order valence-corrected chi connectivity index (χ3v) is 8.52. The third-order valence-electron chi connectivity index (χ3n) is 6.90. The molecular weight excluding hydrogens is 436 g/mol. The normalized spacial score (nSPS) is 21.1. The van der Waals surface area contributed by atoms with Gasteiger partial charge in [0.05, 0.1) is 24.2 Å². The highest BCUT2D eigenvalue weighted by molar-refractivity contribution is 7.17. The molecule has 2 saturated heterocycles. The molecule has 1 spiro atoms. The van der Waals surface area contributed by atoms with E-state index in [1.807, 2.05) is 24.3 Å². The molecule has 0 bridgehead atoms. The number of carboxylic acid groups (broad SMARTS) is 1. The lowest BCUT2D eigenvalue weighted by Gasteiger charge is -2.56. The van der Waals surface area contributed by atoms with E-state index >= 15 is 0 Å². The average Bonchev–Trinajstić information content (AvgIpc) is 3.04. The summed E-state index contributed by atoms with van der Waals surface area (Å²) in [5, 5.41) is 13.3. The lowest BCUT2D eigenvalue weighted by Crippen LogP contribution is -2.66. The van der Waals surface area contributed by atoms with Crippen LogP contribution in [0.2, 0.25) is 0 Å². The van der Waals surface area contributed by atoms with Crippen LogP contribution in [0.15, 0.2) is 24.3 Å². The van der Waals surface area contributed by atoms with Crippen LogP contribution in [-0.4, -0.2) is 50.7 Å². The van der Waals surface area contributed by atoms with Crippen molar-refractivity contribution < 1.29 is 19.4 Å². The number of anilines is 2. The molecular formula is C26H34N2O4S. The molecule has 3 aliphatic rings. The molecule has 1 aliphatic carbocycles. The van der Waals surface area contributed by atoms with Gasteiger partial charge in [0.2, 0.25) is 0 Å². The molecule has 5 rings (SSSR count). The highest BCUT2D eigenvalue weighted by Crippen LogP contribution is 2.51. The van der Waals surface area contributed by atoms with Crippen molar-refractivity contribution in [2.75, 3.05) is 43.6 Å². The first-order valence-electron chi connectivity index (χ1n) is 11.4. The summed E-state index contributed by atoms with van der Waals surface area (Å²) in [7, 11) is 1.79. The van der Waals surface area contributed by atoms with E-state index in [-0.39, 0.29) is 10.8 Å². The summed E-state index contributed by atoms with van der Waals surface area (Å²) in [4.78, 5) is 25.6. The molecule has 0 unspecified atom stereocenters. The topological polar surface area (TPSA) is 78.9 Å². The second-order valence-electron chi connectivity index (χ2n) is 11.1. The number of hydrogen-bond acceptors (Lipinski definition) is 6. The van der Waals surface area contributed by atoms with Gasteiger partial charge in [0.15, 0.2) is 0 Å². The van der Waals surface area contributed by atoms with Crippen LogP contribution in [0.1, 0.15) is 65.3 Å². The number of benzene rings is 1. The van der Waals surface area contributed by atoms with Crippen LogP contribution in [0.25, 0.3) is 0 Å². The van der Waals surface area contributed by atoms with E-state index in [1.165, 1.54) is 10.6 Å². The maximum atomic E-state index is 11.5. The Morgan fingerprint density at radius 3 is 2.27 bits per heavy atom. The standard InChI is InChI=1S/C14H21NO2S.C12H13NO2/c1-13(2)6-8-9(12(16)17)11(15-5)18-10(8)14(3,4)7-13;14-5-10-1-3-11(4-2-10)13-6-12(7-13)8-15-9-12/h15H,6-7H2,1-5H3,(H,16,17);1-5H,6-9H2. The van der Waals surface area contributed by atoms with Crippen LogP contribution < -0.4 is 10.2 Å². The first-order chi connectivity index (χ1) is 15.5. The molecule has 3 heterocycles. The van der Waals surface area contributed by atoms with E-state index in [0.29, 0.717) is 11.0 Å². The maximum absolute atomic E-state index is 11.5. The van der Waals surface area contributed by atoms with E-state index in [2.05, 4.69) is 37.9 Å². The van der Waals surface area contributed by atoms with Crippen molar-refractivity contribution in [3.8, 4) is 0 Å². The number of aromatic carboxylic acids is 1. The molecule has 6 nitrogen and oxygen atoms in total. The fourth-order valence-corrected chi connectivity index (χ4v) is 6.95. The van der Waals surface area contributed by atoms with Crippen LogP contribution in [-0.2, 0) is 16.6 Å². The molecule has 1 aromatic carbocycles. The SMILES string of the molecule is CNc1sc2c(c1C(=O)O)CC(C)(C)CC2(C)C.O=Cc1ccc(N2CC3(COC3)C2)cc1. The summed E-state index contributed by atoms with van der Waals surface area (Å²) >= 11 is 1.61. The van der Waals surface area contributed by atoms with E-state index in [1.54, 1.807) is 18.4 Å². The van der Waals surface area contributed by atoms with Crippen molar-refractivity contribution in [3.05, 3.63) is 45.8 Å². The summed E-state index contributed by atoms with van der Waals surface area (Å²) in [5.74, 6) is -0.814. The van der Waals surface area contributed by atoms with Gasteiger partial charge < -0.3 is 20.1 Å². The van der Waals surface area contributed by atoms with Gasteiger partial charge in [-0.1, -0.05) is 27.7 Å². The minimum Gasteiger partial charge on any atom is -0.478 e. The summed E-state index contributed by atoms with van der Waals surface area (Å²) < 4.78 is 5.23. The van der Waals surface area contributed by atoms with Crippen LogP contribution in [0.3, 0.4) is 0 Å². The molecule has 7 heteroatoms. The summed E-state index contributed by atoms with van der Waals surface area (Å²) in [6, 6.07) is 7.75. The lowest BCUT2D eigenvalue weighted by molar-refractivity contribution is -0.127. The van der Waals surface area contributed by atoms with Gasteiger partial charge in [0.25, 0.3) is 0 Å². The summed E-state index contributed by atoms with van der Waals surface area (Å²) in [6.45, 7) is 12.9. The van der Waals surface area contributed by atoms with Crippen molar-refractivity contribution in [1.29, 1.82) is 0 Å². The molecule has 2 aromatic rings. The van der Waals surface area contributed by atoms with Crippen LogP contribution in [0.5, 0.6) is 0 Å². The monoisotopic (exact) mass is 470 g/mol. The van der Waals surface area contributed by atoms with Crippen LogP contribution in [0, 0.1) is 10.8 Å². The predicted octanol–water partition coefficient (Wildman–Crippen LogP) is 5.07. The Hall–Kier alpha value is -2.38. The number of nitrogens with zero attached hydrogens (tertiary/aromatic N) is 1. The summed E-state index contributed by atoms with van der Waals surface area (Å²) in [6.07, 6.45) is 2.82. The van der Waals surface area contributed by atoms with Crippen molar-refractivity contribution in [1.82, 2.24) is 0 Å². The largest absolute Gasteiger partial charge is 0.478 e. The Labute approximate surface area is 199 Å². The number of aldehydes is 1. The number of thiophene rings is 1. The van der Waals surface area contributed by atoms with Gasteiger partial charge >= 0.3 is 5.97 Å². The second-order valence-corrected chi connectivity index (χ2v) is 12.1. The molecule has 33 heavy (non-hydrogen) atoms. The van der Waals surface area contributed by atoms with E-state index < -0.39 is 5.97 Å². The zero-order chi connectivity index (χ0) is 24.0. The van der Waals surface area contributed by atoms with Crippen molar-refractivity contribution in [2.24, 2.45) is 10.8 Å². The number of nitrogens with one attached hydrogen (secondary N) is 1. The number of carboxylic acids is 1. The molecule has 1 aromatic heterocycles. The molecule has 0 radical (unpaired) electrons. The fraction of sp³-hybridized carbons (Fsp3) is 0.538. The number of fused-ring (bicyclic) bond motifs is 1. The Morgan fingerprint density at radius 2 is 1.79 bits per heavy atom. The minimum absolute atomic E-state index is 0.0566. The van der Waals surface area contributed by atoms with Gasteiger partial charge in [-0.3, -0.25) is 4.79 Å². The van der Waals surface area contributed by atoms with Gasteiger partial charge in [0, 0.05) is 36.3 Å². The Bertz CT molecular complexity index is 1040. The van der Waals surface area contributed by atoms with Gasteiger partial charge in [-0.15, -0.1) is 11.3 Å². The highest BCUT2D eigenvalue weighted by atomic mass is 32.1. The maximum Gasteiger partial charge on any atom is 0.338 e. The molecule has 0 atom stereocenters. The molecule has 2 N–H and O–H groups in total. The predicted molar refractivity (Wildman–Crippen MR) is 133 cm³/mol.